The van der Waals surface area contributed by atoms with E-state index in [0.717, 1.165) is 0 Å². The number of benzene rings is 2. The number of nitrogens with one attached hydrogen (secondary N) is 1. The van der Waals surface area contributed by atoms with Crippen molar-refractivity contribution in [2.24, 2.45) is 0 Å². The Labute approximate surface area is 161 Å². The summed E-state index contributed by atoms with van der Waals surface area (Å²) in [6, 6.07) is 14.6. The molecule has 140 valence electrons. The van der Waals surface area contributed by atoms with Gasteiger partial charge in [-0.15, -0.1) is 5.10 Å². The van der Waals surface area contributed by atoms with E-state index < -0.39 is 0 Å². The molecule has 0 saturated heterocycles. The van der Waals surface area contributed by atoms with Crippen molar-refractivity contribution in [2.45, 2.75) is 6.92 Å². The first-order chi connectivity index (χ1) is 13.1. The van der Waals surface area contributed by atoms with Crippen molar-refractivity contribution in [2.75, 3.05) is 20.3 Å². The zero-order chi connectivity index (χ0) is 19.2. The summed E-state index contributed by atoms with van der Waals surface area (Å²) < 4.78 is 12.4. The molecule has 1 heterocycles. The van der Waals surface area contributed by atoms with Crippen molar-refractivity contribution in [3.63, 3.8) is 0 Å². The molecule has 1 N–H and O–H groups in total. The molecule has 0 radical (unpaired) electrons. The molecule has 7 nitrogen and oxygen atoms in total. The molecular formula is C19H19ClN4O3. The number of carbonyl (C=O) groups is 1. The molecule has 0 aliphatic carbocycles. The number of nitrogens with zero attached hydrogens (tertiary/aromatic N) is 3. The average Bonchev–Trinajstić information content (AvgIpc) is 3.07. The lowest BCUT2D eigenvalue weighted by Gasteiger charge is -2.10. The summed E-state index contributed by atoms with van der Waals surface area (Å²) >= 11 is 6.19. The second kappa shape index (κ2) is 8.55. The van der Waals surface area contributed by atoms with Crippen LogP contribution in [0.15, 0.2) is 48.5 Å². The van der Waals surface area contributed by atoms with Gasteiger partial charge in [-0.2, -0.15) is 0 Å². The fraction of sp³-hybridized carbons (Fsp3) is 0.211. The molecule has 3 aromatic rings. The number of rotatable bonds is 7. The van der Waals surface area contributed by atoms with Gasteiger partial charge < -0.3 is 14.8 Å². The summed E-state index contributed by atoms with van der Waals surface area (Å²) in [5.74, 6) is 1.52. The van der Waals surface area contributed by atoms with Crippen LogP contribution < -0.4 is 14.8 Å². The Morgan fingerprint density at radius 1 is 1.15 bits per heavy atom. The van der Waals surface area contributed by atoms with Gasteiger partial charge >= 0.3 is 0 Å². The summed E-state index contributed by atoms with van der Waals surface area (Å²) in [6.45, 7) is 2.35. The Morgan fingerprint density at radius 2 is 1.85 bits per heavy atom. The number of aromatic nitrogens is 3. The molecule has 27 heavy (non-hydrogen) atoms. The van der Waals surface area contributed by atoms with Crippen LogP contribution in [0, 0.1) is 6.92 Å². The van der Waals surface area contributed by atoms with Crippen molar-refractivity contribution in [3.8, 4) is 17.2 Å². The van der Waals surface area contributed by atoms with E-state index in [1.165, 1.54) is 0 Å². The number of carbonyl (C=O) groups excluding carboxylic acids is 1. The van der Waals surface area contributed by atoms with Gasteiger partial charge in [-0.3, -0.25) is 4.79 Å². The first-order valence-corrected chi connectivity index (χ1v) is 8.70. The first kappa shape index (κ1) is 18.7. The number of para-hydroxylation sites is 3. The minimum absolute atomic E-state index is 0.0738. The second-order valence-electron chi connectivity index (χ2n) is 5.60. The molecule has 0 bridgehead atoms. The third-order valence-electron chi connectivity index (χ3n) is 3.77. The molecule has 3 rings (SSSR count). The molecule has 1 amide bonds. The summed E-state index contributed by atoms with van der Waals surface area (Å²) in [7, 11) is 1.58. The van der Waals surface area contributed by atoms with Crippen molar-refractivity contribution in [1.29, 1.82) is 0 Å². The SMILES string of the molecule is COc1ccccc1OCCNC(=O)c1nc(C)n(-c2ccccc2Cl)n1. The molecule has 0 fully saturated rings. The molecule has 0 aliphatic rings. The fourth-order valence-corrected chi connectivity index (χ4v) is 2.70. The lowest BCUT2D eigenvalue weighted by molar-refractivity contribution is 0.0936. The van der Waals surface area contributed by atoms with Crippen molar-refractivity contribution < 1.29 is 14.3 Å². The van der Waals surface area contributed by atoms with Gasteiger partial charge in [0.2, 0.25) is 5.82 Å². The Balaban J connectivity index is 1.59. The van der Waals surface area contributed by atoms with Crippen LogP contribution in [-0.4, -0.2) is 40.9 Å². The third-order valence-corrected chi connectivity index (χ3v) is 4.09. The van der Waals surface area contributed by atoms with Gasteiger partial charge in [-0.25, -0.2) is 9.67 Å². The number of aryl methyl sites for hydroxylation is 1. The highest BCUT2D eigenvalue weighted by Crippen LogP contribution is 2.25. The maximum Gasteiger partial charge on any atom is 0.291 e. The number of halogens is 1. The molecule has 8 heteroatoms. The largest absolute Gasteiger partial charge is 0.493 e. The van der Waals surface area contributed by atoms with E-state index in [0.29, 0.717) is 34.6 Å². The quantitative estimate of drug-likeness (QED) is 0.631. The standard InChI is InChI=1S/C19H19ClN4O3/c1-13-22-18(23-24(13)15-8-4-3-7-14(15)20)19(25)21-11-12-27-17-10-6-5-9-16(17)26-2/h3-10H,11-12H2,1-2H3,(H,21,25). The van der Waals surface area contributed by atoms with Crippen LogP contribution in [0.25, 0.3) is 5.69 Å². The number of amides is 1. The molecule has 0 aliphatic heterocycles. The Kier molecular flexibility index (Phi) is 5.93. The Hall–Kier alpha value is -3.06. The number of methoxy groups -OCH3 is 1. The average molecular weight is 387 g/mol. The molecule has 2 aromatic carbocycles. The molecule has 0 saturated carbocycles. The van der Waals surface area contributed by atoms with Crippen LogP contribution in [-0.2, 0) is 0 Å². The van der Waals surface area contributed by atoms with Gasteiger partial charge in [-0.05, 0) is 31.2 Å². The number of hydrogen-bond donors (Lipinski definition) is 1. The lowest BCUT2D eigenvalue weighted by atomic mass is 10.3. The summed E-state index contributed by atoms with van der Waals surface area (Å²) in [5, 5.41) is 7.52. The third kappa shape index (κ3) is 4.38. The fourth-order valence-electron chi connectivity index (χ4n) is 2.48. The van der Waals surface area contributed by atoms with E-state index in [1.807, 2.05) is 36.4 Å². The number of ether oxygens (including phenoxy) is 2. The zero-order valence-electron chi connectivity index (χ0n) is 15.0. The summed E-state index contributed by atoms with van der Waals surface area (Å²) in [5.41, 5.74) is 0.669. The van der Waals surface area contributed by atoms with Gasteiger partial charge in [0.15, 0.2) is 11.5 Å². The molecule has 0 atom stereocenters. The normalized spacial score (nSPS) is 10.5. The Morgan fingerprint density at radius 3 is 2.59 bits per heavy atom. The lowest BCUT2D eigenvalue weighted by Crippen LogP contribution is -2.29. The maximum atomic E-state index is 12.3. The Bertz CT molecular complexity index is 942. The number of hydrogen-bond acceptors (Lipinski definition) is 5. The first-order valence-electron chi connectivity index (χ1n) is 8.32. The van der Waals surface area contributed by atoms with Gasteiger partial charge in [0.1, 0.15) is 12.4 Å². The van der Waals surface area contributed by atoms with E-state index in [1.54, 1.807) is 30.8 Å². The smallest absolute Gasteiger partial charge is 0.291 e. The predicted octanol–water partition coefficient (Wildman–Crippen LogP) is 3.05. The zero-order valence-corrected chi connectivity index (χ0v) is 15.7. The van der Waals surface area contributed by atoms with Gasteiger partial charge in [0, 0.05) is 0 Å². The summed E-state index contributed by atoms with van der Waals surface area (Å²) in [6.07, 6.45) is 0. The molecule has 0 unspecified atom stereocenters. The van der Waals surface area contributed by atoms with Crippen molar-refractivity contribution >= 4 is 17.5 Å². The monoisotopic (exact) mass is 386 g/mol. The van der Waals surface area contributed by atoms with Gasteiger partial charge in [0.25, 0.3) is 5.91 Å². The van der Waals surface area contributed by atoms with E-state index in [4.69, 9.17) is 21.1 Å². The maximum absolute atomic E-state index is 12.3. The second-order valence-corrected chi connectivity index (χ2v) is 6.01. The van der Waals surface area contributed by atoms with Crippen LogP contribution in [0.3, 0.4) is 0 Å². The van der Waals surface area contributed by atoms with Crippen LogP contribution in [0.5, 0.6) is 11.5 Å². The van der Waals surface area contributed by atoms with Gasteiger partial charge in [0.05, 0.1) is 24.4 Å². The van der Waals surface area contributed by atoms with E-state index >= 15 is 0 Å². The highest BCUT2D eigenvalue weighted by atomic mass is 35.5. The molecular weight excluding hydrogens is 368 g/mol. The minimum Gasteiger partial charge on any atom is -0.493 e. The molecule has 1 aromatic heterocycles. The molecule has 0 spiro atoms. The van der Waals surface area contributed by atoms with Crippen molar-refractivity contribution in [1.82, 2.24) is 20.1 Å². The highest BCUT2D eigenvalue weighted by Gasteiger charge is 2.16. The van der Waals surface area contributed by atoms with E-state index in [-0.39, 0.29) is 18.3 Å². The summed E-state index contributed by atoms with van der Waals surface area (Å²) in [4.78, 5) is 16.5. The van der Waals surface area contributed by atoms with Crippen molar-refractivity contribution in [3.05, 3.63) is 65.2 Å². The minimum atomic E-state index is -0.382. The topological polar surface area (TPSA) is 78.3 Å². The highest BCUT2D eigenvalue weighted by molar-refractivity contribution is 6.32. The van der Waals surface area contributed by atoms with Crippen LogP contribution in [0.1, 0.15) is 16.4 Å². The van der Waals surface area contributed by atoms with Crippen LogP contribution in [0.4, 0.5) is 0 Å². The predicted molar refractivity (Wildman–Crippen MR) is 102 cm³/mol. The van der Waals surface area contributed by atoms with E-state index in [2.05, 4.69) is 15.4 Å². The van der Waals surface area contributed by atoms with Gasteiger partial charge in [-0.1, -0.05) is 35.9 Å². The van der Waals surface area contributed by atoms with E-state index in [9.17, 15) is 4.79 Å². The van der Waals surface area contributed by atoms with Crippen LogP contribution >= 0.6 is 11.6 Å². The van der Waals surface area contributed by atoms with Crippen LogP contribution in [0.2, 0.25) is 5.02 Å².